The third-order valence-corrected chi connectivity index (χ3v) is 2.66. The number of carbonyl (C=O) groups excluding carboxylic acids is 1. The van der Waals surface area contributed by atoms with E-state index >= 15 is 0 Å². The smallest absolute Gasteiger partial charge is 0.248 e. The zero-order valence-electron chi connectivity index (χ0n) is 11.2. The zero-order chi connectivity index (χ0) is 13.4. The Morgan fingerprint density at radius 2 is 1.94 bits per heavy atom. The van der Waals surface area contributed by atoms with Crippen molar-refractivity contribution in [3.63, 3.8) is 0 Å². The summed E-state index contributed by atoms with van der Waals surface area (Å²) in [5.41, 5.74) is 7.44. The van der Waals surface area contributed by atoms with Crippen molar-refractivity contribution in [1.29, 1.82) is 0 Å². The van der Waals surface area contributed by atoms with Crippen molar-refractivity contribution in [2.45, 2.75) is 26.8 Å². The van der Waals surface area contributed by atoms with E-state index in [1.807, 2.05) is 38.1 Å². The van der Waals surface area contributed by atoms with Crippen LogP contribution in [-0.4, -0.2) is 30.6 Å². The second-order valence-corrected chi connectivity index (χ2v) is 4.20. The van der Waals surface area contributed by atoms with Crippen LogP contribution in [0.25, 0.3) is 0 Å². The third-order valence-electron chi connectivity index (χ3n) is 2.66. The maximum atomic E-state index is 11.9. The first-order valence-electron chi connectivity index (χ1n) is 6.37. The van der Waals surface area contributed by atoms with Crippen LogP contribution in [0.4, 0.5) is 5.69 Å². The van der Waals surface area contributed by atoms with E-state index in [1.54, 1.807) is 4.90 Å². The molecule has 1 rings (SSSR count). The van der Waals surface area contributed by atoms with Gasteiger partial charge in [0, 0.05) is 25.4 Å². The van der Waals surface area contributed by atoms with E-state index < -0.39 is 0 Å². The van der Waals surface area contributed by atoms with E-state index in [2.05, 4.69) is 0 Å². The molecule has 0 aliphatic heterocycles. The molecule has 4 nitrogen and oxygen atoms in total. The van der Waals surface area contributed by atoms with Crippen molar-refractivity contribution >= 4 is 11.6 Å². The van der Waals surface area contributed by atoms with Crippen molar-refractivity contribution in [1.82, 2.24) is 4.90 Å². The van der Waals surface area contributed by atoms with Crippen LogP contribution in [0.1, 0.15) is 25.8 Å². The number of nitrogen functional groups attached to an aromatic ring is 1. The molecule has 0 aliphatic carbocycles. The fourth-order valence-corrected chi connectivity index (χ4v) is 1.61. The molecule has 1 aromatic rings. The molecule has 0 aromatic heterocycles. The molecular weight excluding hydrogens is 228 g/mol. The number of likely N-dealkylation sites (N-methyl/N-ethyl adjacent to an activating group) is 1. The van der Waals surface area contributed by atoms with E-state index in [-0.39, 0.29) is 12.5 Å². The maximum Gasteiger partial charge on any atom is 0.248 e. The highest BCUT2D eigenvalue weighted by Crippen LogP contribution is 2.08. The number of rotatable bonds is 7. The molecule has 1 aromatic carbocycles. The minimum atomic E-state index is 0.0303. The van der Waals surface area contributed by atoms with Gasteiger partial charge >= 0.3 is 0 Å². The quantitative estimate of drug-likeness (QED) is 0.595. The molecule has 0 bridgehead atoms. The van der Waals surface area contributed by atoms with Gasteiger partial charge in [0.05, 0.1) is 0 Å². The van der Waals surface area contributed by atoms with Crippen LogP contribution in [0, 0.1) is 0 Å². The lowest BCUT2D eigenvalue weighted by molar-refractivity contribution is -0.136. The van der Waals surface area contributed by atoms with Gasteiger partial charge in [-0.1, -0.05) is 19.1 Å². The van der Waals surface area contributed by atoms with Crippen molar-refractivity contribution < 1.29 is 9.53 Å². The van der Waals surface area contributed by atoms with Gasteiger partial charge in [-0.2, -0.15) is 0 Å². The number of anilines is 1. The summed E-state index contributed by atoms with van der Waals surface area (Å²) in [5, 5.41) is 0. The number of benzene rings is 1. The largest absolute Gasteiger partial charge is 0.399 e. The van der Waals surface area contributed by atoms with Crippen LogP contribution >= 0.6 is 0 Å². The Labute approximate surface area is 109 Å². The van der Waals surface area contributed by atoms with Crippen LogP contribution in [-0.2, 0) is 16.1 Å². The van der Waals surface area contributed by atoms with Gasteiger partial charge < -0.3 is 15.4 Å². The maximum absolute atomic E-state index is 11.9. The Kier molecular flexibility index (Phi) is 6.22. The number of hydrogen-bond acceptors (Lipinski definition) is 3. The Morgan fingerprint density at radius 3 is 2.50 bits per heavy atom. The Bertz CT molecular complexity index is 363. The Hall–Kier alpha value is -1.55. The molecule has 0 aliphatic rings. The van der Waals surface area contributed by atoms with Crippen LogP contribution in [0.2, 0.25) is 0 Å². The lowest BCUT2D eigenvalue weighted by atomic mass is 10.2. The fraction of sp³-hybridized carbons (Fsp3) is 0.500. The monoisotopic (exact) mass is 250 g/mol. The van der Waals surface area contributed by atoms with Gasteiger partial charge in [0.15, 0.2) is 0 Å². The minimum absolute atomic E-state index is 0.0303. The average Bonchev–Trinajstić information content (AvgIpc) is 2.38. The first-order valence-corrected chi connectivity index (χ1v) is 6.37. The number of carbonyl (C=O) groups is 1. The summed E-state index contributed by atoms with van der Waals surface area (Å²) in [5.74, 6) is 0.0303. The summed E-state index contributed by atoms with van der Waals surface area (Å²) in [6.45, 7) is 6.07. The van der Waals surface area contributed by atoms with Gasteiger partial charge in [-0.05, 0) is 31.0 Å². The van der Waals surface area contributed by atoms with E-state index in [0.29, 0.717) is 19.7 Å². The van der Waals surface area contributed by atoms with Gasteiger partial charge in [-0.25, -0.2) is 0 Å². The number of nitrogens with two attached hydrogens (primary N) is 1. The highest BCUT2D eigenvalue weighted by Gasteiger charge is 2.11. The summed E-state index contributed by atoms with van der Waals surface area (Å²) in [4.78, 5) is 13.7. The topological polar surface area (TPSA) is 55.6 Å². The highest BCUT2D eigenvalue weighted by molar-refractivity contribution is 5.77. The summed E-state index contributed by atoms with van der Waals surface area (Å²) in [7, 11) is 0. The van der Waals surface area contributed by atoms with Gasteiger partial charge in [0.1, 0.15) is 6.61 Å². The molecule has 0 saturated carbocycles. The normalized spacial score (nSPS) is 10.3. The van der Waals surface area contributed by atoms with E-state index in [9.17, 15) is 4.79 Å². The van der Waals surface area contributed by atoms with Crippen molar-refractivity contribution in [3.05, 3.63) is 29.8 Å². The standard InChI is InChI=1S/C14H22N2O2/c1-3-9-18-11-14(17)16(4-2)10-12-5-7-13(15)8-6-12/h5-8H,3-4,9-11,15H2,1-2H3. The number of ether oxygens (including phenoxy) is 1. The van der Waals surface area contributed by atoms with Gasteiger partial charge in [-0.15, -0.1) is 0 Å². The Morgan fingerprint density at radius 1 is 1.28 bits per heavy atom. The first-order chi connectivity index (χ1) is 8.67. The zero-order valence-corrected chi connectivity index (χ0v) is 11.2. The van der Waals surface area contributed by atoms with E-state index in [0.717, 1.165) is 17.7 Å². The molecule has 0 saturated heterocycles. The van der Waals surface area contributed by atoms with Crippen molar-refractivity contribution in [2.24, 2.45) is 0 Å². The molecule has 100 valence electrons. The number of hydrogen-bond donors (Lipinski definition) is 1. The molecule has 4 heteroatoms. The molecule has 18 heavy (non-hydrogen) atoms. The molecule has 0 radical (unpaired) electrons. The molecule has 0 atom stereocenters. The number of amides is 1. The predicted octanol–water partition coefficient (Wildman–Crippen LogP) is 2.04. The first kappa shape index (κ1) is 14.5. The second-order valence-electron chi connectivity index (χ2n) is 4.20. The van der Waals surface area contributed by atoms with Crippen molar-refractivity contribution in [3.8, 4) is 0 Å². The lowest BCUT2D eigenvalue weighted by Crippen LogP contribution is -2.33. The number of nitrogens with zero attached hydrogens (tertiary/aromatic N) is 1. The molecule has 0 spiro atoms. The van der Waals surface area contributed by atoms with Gasteiger partial charge in [-0.3, -0.25) is 4.79 Å². The minimum Gasteiger partial charge on any atom is -0.399 e. The average molecular weight is 250 g/mol. The summed E-state index contributed by atoms with van der Waals surface area (Å²) in [6.07, 6.45) is 0.928. The Balaban J connectivity index is 2.50. The van der Waals surface area contributed by atoms with Crippen LogP contribution in [0.5, 0.6) is 0 Å². The summed E-state index contributed by atoms with van der Waals surface area (Å²) < 4.78 is 5.27. The summed E-state index contributed by atoms with van der Waals surface area (Å²) in [6, 6.07) is 7.58. The summed E-state index contributed by atoms with van der Waals surface area (Å²) >= 11 is 0. The molecule has 1 amide bonds. The van der Waals surface area contributed by atoms with Gasteiger partial charge in [0.2, 0.25) is 5.91 Å². The fourth-order valence-electron chi connectivity index (χ4n) is 1.61. The third kappa shape index (κ3) is 4.75. The SMILES string of the molecule is CCCOCC(=O)N(CC)Cc1ccc(N)cc1. The van der Waals surface area contributed by atoms with E-state index in [4.69, 9.17) is 10.5 Å². The van der Waals surface area contributed by atoms with Crippen LogP contribution in [0.15, 0.2) is 24.3 Å². The molecular formula is C14H22N2O2. The molecule has 0 unspecified atom stereocenters. The highest BCUT2D eigenvalue weighted by atomic mass is 16.5. The van der Waals surface area contributed by atoms with Crippen LogP contribution in [0.3, 0.4) is 0 Å². The molecule has 2 N–H and O–H groups in total. The molecule has 0 fully saturated rings. The second kappa shape index (κ2) is 7.71. The van der Waals surface area contributed by atoms with E-state index in [1.165, 1.54) is 0 Å². The molecule has 0 heterocycles. The predicted molar refractivity (Wildman–Crippen MR) is 73.1 cm³/mol. The van der Waals surface area contributed by atoms with Crippen molar-refractivity contribution in [2.75, 3.05) is 25.5 Å². The van der Waals surface area contributed by atoms with Crippen LogP contribution < -0.4 is 5.73 Å². The lowest BCUT2D eigenvalue weighted by Gasteiger charge is -2.21. The van der Waals surface area contributed by atoms with Gasteiger partial charge in [0.25, 0.3) is 0 Å².